The number of fused-ring (bicyclic) bond motifs is 3. The SMILES string of the molecule is C=C1CCC2C1C1OC(=O)C(C)C1CCC2(C)OC1OC(COC(C)=O)C(OC(C)=O)C(OC(C)=O)C1OC(C)=O. The second kappa shape index (κ2) is 12.1. The lowest BCUT2D eigenvalue weighted by atomic mass is 9.77. The van der Waals surface area contributed by atoms with Crippen molar-refractivity contribution in [2.45, 2.75) is 110 Å². The van der Waals surface area contributed by atoms with Crippen LogP contribution < -0.4 is 0 Å². The van der Waals surface area contributed by atoms with Crippen molar-refractivity contribution >= 4 is 29.8 Å². The highest BCUT2D eigenvalue weighted by Crippen LogP contribution is 2.55. The Kier molecular flexibility index (Phi) is 9.13. The van der Waals surface area contributed by atoms with E-state index in [1.165, 1.54) is 27.7 Å². The molecule has 2 aliphatic carbocycles. The summed E-state index contributed by atoms with van der Waals surface area (Å²) in [6.07, 6.45) is -3.93. The van der Waals surface area contributed by atoms with Crippen molar-refractivity contribution in [3.05, 3.63) is 12.2 Å². The summed E-state index contributed by atoms with van der Waals surface area (Å²) >= 11 is 0. The maximum atomic E-state index is 12.5. The highest BCUT2D eigenvalue weighted by atomic mass is 16.7. The molecule has 2 saturated carbocycles. The van der Waals surface area contributed by atoms with E-state index in [9.17, 15) is 24.0 Å². The third-order valence-corrected chi connectivity index (χ3v) is 8.82. The zero-order valence-electron chi connectivity index (χ0n) is 24.4. The van der Waals surface area contributed by atoms with E-state index in [2.05, 4.69) is 6.58 Å². The van der Waals surface area contributed by atoms with Gasteiger partial charge in [0.1, 0.15) is 18.8 Å². The lowest BCUT2D eigenvalue weighted by Crippen LogP contribution is -2.64. The molecule has 11 atom stereocenters. The fraction of sp³-hybridized carbons (Fsp3) is 0.759. The van der Waals surface area contributed by atoms with Crippen molar-refractivity contribution in [2.24, 2.45) is 23.7 Å². The Bertz CT molecular complexity index is 1090. The molecular formula is C29H40O12. The molecule has 228 valence electrons. The maximum Gasteiger partial charge on any atom is 0.309 e. The first-order valence-electron chi connectivity index (χ1n) is 14.1. The summed E-state index contributed by atoms with van der Waals surface area (Å²) in [6, 6.07) is 0. The molecule has 2 aliphatic heterocycles. The number of ether oxygens (including phenoxy) is 7. The molecule has 0 radical (unpaired) electrons. The first-order chi connectivity index (χ1) is 19.2. The molecule has 41 heavy (non-hydrogen) atoms. The van der Waals surface area contributed by atoms with Crippen molar-refractivity contribution < 1.29 is 57.1 Å². The largest absolute Gasteiger partial charge is 0.463 e. The number of rotatable bonds is 7. The molecule has 2 saturated heterocycles. The highest BCUT2D eigenvalue weighted by molar-refractivity contribution is 5.75. The van der Waals surface area contributed by atoms with Crippen LogP contribution in [0.5, 0.6) is 0 Å². The zero-order valence-corrected chi connectivity index (χ0v) is 24.4. The third-order valence-electron chi connectivity index (χ3n) is 8.82. The summed E-state index contributed by atoms with van der Waals surface area (Å²) in [5, 5.41) is 0. The Hall–Kier alpha value is -2.99. The average Bonchev–Trinajstić information content (AvgIpc) is 3.34. The van der Waals surface area contributed by atoms with Crippen LogP contribution in [0.1, 0.15) is 67.2 Å². The first-order valence-corrected chi connectivity index (χ1v) is 14.1. The summed E-state index contributed by atoms with van der Waals surface area (Å²) < 4.78 is 40.7. The molecule has 0 bridgehead atoms. The fourth-order valence-electron chi connectivity index (χ4n) is 6.99. The van der Waals surface area contributed by atoms with Crippen LogP contribution in [0, 0.1) is 23.7 Å². The highest BCUT2D eigenvalue weighted by Gasteiger charge is 2.60. The van der Waals surface area contributed by atoms with Crippen molar-refractivity contribution in [3.8, 4) is 0 Å². The van der Waals surface area contributed by atoms with Gasteiger partial charge in [-0.3, -0.25) is 24.0 Å². The molecule has 0 N–H and O–H groups in total. The Balaban J connectivity index is 1.71. The third kappa shape index (κ3) is 6.43. The van der Waals surface area contributed by atoms with Crippen LogP contribution in [0.15, 0.2) is 12.2 Å². The van der Waals surface area contributed by atoms with Crippen LogP contribution in [-0.2, 0) is 57.1 Å². The van der Waals surface area contributed by atoms with E-state index in [1.807, 2.05) is 13.8 Å². The lowest BCUT2D eigenvalue weighted by molar-refractivity contribution is -0.335. The first kappa shape index (κ1) is 31.0. The molecule has 12 nitrogen and oxygen atoms in total. The van der Waals surface area contributed by atoms with E-state index in [4.69, 9.17) is 33.2 Å². The number of hydrogen-bond donors (Lipinski definition) is 0. The summed E-state index contributed by atoms with van der Waals surface area (Å²) in [5.74, 6) is -3.43. The minimum absolute atomic E-state index is 0.00864. The van der Waals surface area contributed by atoms with Gasteiger partial charge in [0, 0.05) is 39.5 Å². The number of hydrogen-bond acceptors (Lipinski definition) is 12. The summed E-state index contributed by atoms with van der Waals surface area (Å²) in [4.78, 5) is 60.6. The van der Waals surface area contributed by atoms with Gasteiger partial charge in [0.25, 0.3) is 0 Å². The molecule has 4 rings (SSSR count). The average molecular weight is 581 g/mol. The van der Waals surface area contributed by atoms with Crippen LogP contribution in [0.25, 0.3) is 0 Å². The van der Waals surface area contributed by atoms with Gasteiger partial charge in [-0.05, 0) is 38.5 Å². The lowest BCUT2D eigenvalue weighted by Gasteiger charge is -2.48. The van der Waals surface area contributed by atoms with Gasteiger partial charge in [-0.2, -0.15) is 0 Å². The quantitative estimate of drug-likeness (QED) is 0.247. The van der Waals surface area contributed by atoms with Crippen LogP contribution in [0.2, 0.25) is 0 Å². The molecule has 4 aliphatic rings. The van der Waals surface area contributed by atoms with E-state index in [1.54, 1.807) is 0 Å². The second-order valence-corrected chi connectivity index (χ2v) is 11.7. The monoisotopic (exact) mass is 580 g/mol. The zero-order chi connectivity index (χ0) is 30.2. The van der Waals surface area contributed by atoms with Crippen LogP contribution in [0.3, 0.4) is 0 Å². The van der Waals surface area contributed by atoms with E-state index in [0.717, 1.165) is 18.4 Å². The molecule has 4 fully saturated rings. The summed E-state index contributed by atoms with van der Waals surface area (Å²) in [6.45, 7) is 12.5. The van der Waals surface area contributed by atoms with Gasteiger partial charge in [0.2, 0.25) is 0 Å². The Morgan fingerprint density at radius 3 is 2.15 bits per heavy atom. The summed E-state index contributed by atoms with van der Waals surface area (Å²) in [7, 11) is 0. The Labute approximate surface area is 239 Å². The predicted octanol–water partition coefficient (Wildman–Crippen LogP) is 2.40. The predicted molar refractivity (Wildman–Crippen MR) is 139 cm³/mol. The summed E-state index contributed by atoms with van der Waals surface area (Å²) in [5.41, 5.74) is 0.134. The van der Waals surface area contributed by atoms with Gasteiger partial charge >= 0.3 is 29.8 Å². The molecule has 11 unspecified atom stereocenters. The Morgan fingerprint density at radius 2 is 1.54 bits per heavy atom. The van der Waals surface area contributed by atoms with Gasteiger partial charge in [-0.1, -0.05) is 19.1 Å². The number of carbonyl (C=O) groups excluding carboxylic acids is 5. The normalized spacial score (nSPS) is 40.0. The maximum absolute atomic E-state index is 12.5. The van der Waals surface area contributed by atoms with E-state index < -0.39 is 60.2 Å². The standard InChI is InChI=1S/C29H40O12/c1-13-8-9-20-22(13)23-19(14(2)27(34)40-23)10-11-29(20,7)41-28-26(38-18(6)33)25(37-17(5)32)24(36-16(4)31)21(39-28)12-35-15(3)30/h14,19-26,28H,1,8-12H2,2-7H3. The van der Waals surface area contributed by atoms with Crippen molar-refractivity contribution in [2.75, 3.05) is 6.61 Å². The molecular weight excluding hydrogens is 540 g/mol. The van der Waals surface area contributed by atoms with Crippen LogP contribution in [0.4, 0.5) is 0 Å². The smallest absolute Gasteiger partial charge is 0.309 e. The fourth-order valence-corrected chi connectivity index (χ4v) is 6.99. The Morgan fingerprint density at radius 1 is 0.927 bits per heavy atom. The van der Waals surface area contributed by atoms with Crippen molar-refractivity contribution in [1.82, 2.24) is 0 Å². The molecule has 12 heteroatoms. The molecule has 0 aromatic rings. The van der Waals surface area contributed by atoms with Gasteiger partial charge in [-0.15, -0.1) is 0 Å². The van der Waals surface area contributed by atoms with Gasteiger partial charge in [-0.25, -0.2) is 0 Å². The van der Waals surface area contributed by atoms with Gasteiger partial charge < -0.3 is 33.2 Å². The molecule has 0 amide bonds. The minimum Gasteiger partial charge on any atom is -0.463 e. The van der Waals surface area contributed by atoms with Crippen molar-refractivity contribution in [3.63, 3.8) is 0 Å². The molecule has 2 heterocycles. The topological polar surface area (TPSA) is 150 Å². The molecule has 0 aromatic heterocycles. The second-order valence-electron chi connectivity index (χ2n) is 11.7. The van der Waals surface area contributed by atoms with Crippen LogP contribution in [-0.4, -0.2) is 78.9 Å². The van der Waals surface area contributed by atoms with Crippen molar-refractivity contribution in [1.29, 1.82) is 0 Å². The number of carbonyl (C=O) groups is 5. The molecule has 0 spiro atoms. The van der Waals surface area contributed by atoms with E-state index in [0.29, 0.717) is 12.8 Å². The van der Waals surface area contributed by atoms with Gasteiger partial charge in [0.15, 0.2) is 24.6 Å². The minimum atomic E-state index is -1.32. The van der Waals surface area contributed by atoms with E-state index >= 15 is 0 Å². The number of esters is 5. The molecule has 0 aromatic carbocycles. The van der Waals surface area contributed by atoms with Crippen LogP contribution >= 0.6 is 0 Å². The van der Waals surface area contributed by atoms with E-state index in [-0.39, 0.29) is 42.4 Å². The van der Waals surface area contributed by atoms with Gasteiger partial charge in [0.05, 0.1) is 11.5 Å².